The standard InChI is InChI=1S/C21H19FN2O2S2/c1-3-26-20(25)18-17(14-8-5-4-6-9-14)13(2)28-19(18)24-21(27)23-16-11-7-10-15(22)12-16/h4-12H,3H2,1-2H3,(H2,23,24,27). The molecule has 1 heterocycles. The second-order valence-electron chi connectivity index (χ2n) is 5.91. The number of anilines is 2. The molecule has 0 saturated carbocycles. The number of ether oxygens (including phenoxy) is 1. The largest absolute Gasteiger partial charge is 0.462 e. The number of aryl methyl sites for hydroxylation is 1. The molecule has 3 aromatic rings. The summed E-state index contributed by atoms with van der Waals surface area (Å²) < 4.78 is 18.7. The van der Waals surface area contributed by atoms with Crippen LogP contribution in [0, 0.1) is 12.7 Å². The quantitative estimate of drug-likeness (QED) is 0.405. The molecule has 0 saturated heterocycles. The molecule has 2 aromatic carbocycles. The van der Waals surface area contributed by atoms with Crippen LogP contribution in [0.3, 0.4) is 0 Å². The van der Waals surface area contributed by atoms with E-state index in [4.69, 9.17) is 17.0 Å². The summed E-state index contributed by atoms with van der Waals surface area (Å²) >= 11 is 6.77. The van der Waals surface area contributed by atoms with Crippen molar-refractivity contribution in [2.45, 2.75) is 13.8 Å². The average Bonchev–Trinajstić information content (AvgIpc) is 2.98. The van der Waals surface area contributed by atoms with Gasteiger partial charge in [0.15, 0.2) is 5.11 Å². The molecule has 0 fully saturated rings. The lowest BCUT2D eigenvalue weighted by atomic mass is 10.0. The molecular formula is C21H19FN2O2S2. The van der Waals surface area contributed by atoms with Crippen molar-refractivity contribution in [1.82, 2.24) is 0 Å². The van der Waals surface area contributed by atoms with Gasteiger partial charge < -0.3 is 15.4 Å². The fourth-order valence-corrected chi connectivity index (χ4v) is 4.17. The van der Waals surface area contributed by atoms with Crippen LogP contribution in [-0.4, -0.2) is 17.7 Å². The van der Waals surface area contributed by atoms with Gasteiger partial charge in [0.1, 0.15) is 16.4 Å². The zero-order valence-electron chi connectivity index (χ0n) is 15.4. The molecule has 0 spiro atoms. The van der Waals surface area contributed by atoms with Crippen LogP contribution in [0.1, 0.15) is 22.2 Å². The second-order valence-corrected chi connectivity index (χ2v) is 7.55. The van der Waals surface area contributed by atoms with Crippen molar-refractivity contribution >= 4 is 45.3 Å². The zero-order valence-corrected chi connectivity index (χ0v) is 17.0. The third-order valence-corrected chi connectivity index (χ3v) is 5.16. The van der Waals surface area contributed by atoms with Crippen molar-refractivity contribution < 1.29 is 13.9 Å². The molecule has 0 atom stereocenters. The number of hydrogen-bond acceptors (Lipinski definition) is 4. The van der Waals surface area contributed by atoms with Crippen LogP contribution in [0.2, 0.25) is 0 Å². The van der Waals surface area contributed by atoms with Crippen LogP contribution in [0.15, 0.2) is 54.6 Å². The van der Waals surface area contributed by atoms with E-state index in [9.17, 15) is 9.18 Å². The lowest BCUT2D eigenvalue weighted by molar-refractivity contribution is 0.0529. The van der Waals surface area contributed by atoms with Crippen LogP contribution >= 0.6 is 23.6 Å². The Morgan fingerprint density at radius 1 is 1.14 bits per heavy atom. The predicted molar refractivity (Wildman–Crippen MR) is 117 cm³/mol. The van der Waals surface area contributed by atoms with Gasteiger partial charge in [-0.05, 0) is 49.8 Å². The molecule has 0 aliphatic carbocycles. The maximum Gasteiger partial charge on any atom is 0.341 e. The summed E-state index contributed by atoms with van der Waals surface area (Å²) in [5.74, 6) is -0.778. The number of hydrogen-bond donors (Lipinski definition) is 2. The van der Waals surface area contributed by atoms with E-state index in [0.29, 0.717) is 16.3 Å². The molecule has 7 heteroatoms. The van der Waals surface area contributed by atoms with Crippen molar-refractivity contribution in [2.75, 3.05) is 17.2 Å². The van der Waals surface area contributed by atoms with E-state index in [1.807, 2.05) is 37.3 Å². The first-order valence-electron chi connectivity index (χ1n) is 8.69. The fraction of sp³-hybridized carbons (Fsp3) is 0.143. The summed E-state index contributed by atoms with van der Waals surface area (Å²) in [5, 5.41) is 6.84. The Morgan fingerprint density at radius 2 is 1.89 bits per heavy atom. The van der Waals surface area contributed by atoms with Crippen LogP contribution in [0.5, 0.6) is 0 Å². The monoisotopic (exact) mass is 414 g/mol. The first kappa shape index (κ1) is 20.0. The van der Waals surface area contributed by atoms with Crippen LogP contribution in [0.4, 0.5) is 15.1 Å². The van der Waals surface area contributed by atoms with E-state index in [0.717, 1.165) is 16.0 Å². The number of benzene rings is 2. The number of thiocarbonyl (C=S) groups is 1. The topological polar surface area (TPSA) is 50.4 Å². The van der Waals surface area contributed by atoms with Gasteiger partial charge in [0.05, 0.1) is 6.61 Å². The highest BCUT2D eigenvalue weighted by Gasteiger charge is 2.24. The van der Waals surface area contributed by atoms with Crippen molar-refractivity contribution in [3.63, 3.8) is 0 Å². The Balaban J connectivity index is 1.94. The number of rotatable bonds is 5. The molecule has 2 N–H and O–H groups in total. The van der Waals surface area contributed by atoms with E-state index in [1.165, 1.54) is 23.5 Å². The van der Waals surface area contributed by atoms with Gasteiger partial charge in [0.25, 0.3) is 0 Å². The minimum Gasteiger partial charge on any atom is -0.462 e. The lowest BCUT2D eigenvalue weighted by Crippen LogP contribution is -2.20. The zero-order chi connectivity index (χ0) is 20.1. The first-order chi connectivity index (χ1) is 13.5. The van der Waals surface area contributed by atoms with Crippen molar-refractivity contribution in [3.05, 3.63) is 70.9 Å². The minimum absolute atomic E-state index is 0.261. The highest BCUT2D eigenvalue weighted by molar-refractivity contribution is 7.80. The molecule has 0 aliphatic heterocycles. The lowest BCUT2D eigenvalue weighted by Gasteiger charge is -2.12. The van der Waals surface area contributed by atoms with Crippen molar-refractivity contribution in [3.8, 4) is 11.1 Å². The molecule has 0 unspecified atom stereocenters. The van der Waals surface area contributed by atoms with Gasteiger partial charge in [-0.2, -0.15) is 0 Å². The number of carbonyl (C=O) groups is 1. The van der Waals surface area contributed by atoms with E-state index < -0.39 is 5.97 Å². The van der Waals surface area contributed by atoms with Crippen LogP contribution in [-0.2, 0) is 4.74 Å². The maximum atomic E-state index is 13.4. The summed E-state index contributed by atoms with van der Waals surface area (Å²) in [4.78, 5) is 13.7. The van der Waals surface area contributed by atoms with Gasteiger partial charge >= 0.3 is 5.97 Å². The normalized spacial score (nSPS) is 10.4. The van der Waals surface area contributed by atoms with E-state index in [2.05, 4.69) is 10.6 Å². The highest BCUT2D eigenvalue weighted by atomic mass is 32.1. The van der Waals surface area contributed by atoms with Gasteiger partial charge in [-0.3, -0.25) is 0 Å². The highest BCUT2D eigenvalue weighted by Crippen LogP contribution is 2.40. The Morgan fingerprint density at radius 3 is 2.57 bits per heavy atom. The van der Waals surface area contributed by atoms with Gasteiger partial charge in [-0.1, -0.05) is 36.4 Å². The molecule has 144 valence electrons. The van der Waals surface area contributed by atoms with Gasteiger partial charge in [0.2, 0.25) is 0 Å². The summed E-state index contributed by atoms with van der Waals surface area (Å²) in [6.45, 7) is 3.99. The summed E-state index contributed by atoms with van der Waals surface area (Å²) in [7, 11) is 0. The van der Waals surface area contributed by atoms with Crippen LogP contribution < -0.4 is 10.6 Å². The fourth-order valence-electron chi connectivity index (χ4n) is 2.81. The van der Waals surface area contributed by atoms with Crippen molar-refractivity contribution in [1.29, 1.82) is 0 Å². The van der Waals surface area contributed by atoms with E-state index in [-0.39, 0.29) is 17.5 Å². The Labute approximate surface area is 172 Å². The summed E-state index contributed by atoms with van der Waals surface area (Å²) in [5.41, 5.74) is 2.71. The van der Waals surface area contributed by atoms with Gasteiger partial charge in [-0.25, -0.2) is 9.18 Å². The Bertz CT molecular complexity index is 1000. The molecular weight excluding hydrogens is 395 g/mol. The maximum absolute atomic E-state index is 13.4. The van der Waals surface area contributed by atoms with Gasteiger partial charge in [-0.15, -0.1) is 11.3 Å². The van der Waals surface area contributed by atoms with E-state index in [1.54, 1.807) is 19.1 Å². The number of thiophene rings is 1. The molecule has 1 aromatic heterocycles. The molecule has 0 radical (unpaired) electrons. The molecule has 0 amide bonds. The minimum atomic E-state index is -0.415. The average molecular weight is 415 g/mol. The van der Waals surface area contributed by atoms with Crippen LogP contribution in [0.25, 0.3) is 11.1 Å². The third-order valence-electron chi connectivity index (χ3n) is 3.94. The number of esters is 1. The Hall–Kier alpha value is -2.77. The molecule has 0 aliphatic rings. The molecule has 3 rings (SSSR count). The predicted octanol–water partition coefficient (Wildman–Crippen LogP) is 5.85. The van der Waals surface area contributed by atoms with E-state index >= 15 is 0 Å². The first-order valence-corrected chi connectivity index (χ1v) is 9.91. The smallest absolute Gasteiger partial charge is 0.341 e. The van der Waals surface area contributed by atoms with Gasteiger partial charge in [0, 0.05) is 16.1 Å². The summed E-state index contributed by atoms with van der Waals surface area (Å²) in [6.07, 6.45) is 0. The Kier molecular flexibility index (Phi) is 6.38. The number of carbonyl (C=O) groups excluding carboxylic acids is 1. The number of halogens is 1. The molecule has 0 bridgehead atoms. The summed E-state index contributed by atoms with van der Waals surface area (Å²) in [6, 6.07) is 15.7. The molecule has 4 nitrogen and oxygen atoms in total. The van der Waals surface area contributed by atoms with Crippen molar-refractivity contribution in [2.24, 2.45) is 0 Å². The molecule has 28 heavy (non-hydrogen) atoms. The third kappa shape index (κ3) is 4.55. The SMILES string of the molecule is CCOC(=O)c1c(NC(=S)Nc2cccc(F)c2)sc(C)c1-c1ccccc1. The number of nitrogens with one attached hydrogen (secondary N) is 2. The second kappa shape index (κ2) is 8.95.